The Bertz CT molecular complexity index is 954. The van der Waals surface area contributed by atoms with Gasteiger partial charge in [0.25, 0.3) is 0 Å². The molecule has 2 heterocycles. The summed E-state index contributed by atoms with van der Waals surface area (Å²) in [5.41, 5.74) is 1.02. The Hall–Kier alpha value is -2.28. The lowest BCUT2D eigenvalue weighted by atomic mass is 9.49. The molecule has 6 fully saturated rings. The van der Waals surface area contributed by atoms with Crippen molar-refractivity contribution in [1.29, 1.82) is 0 Å². The molecule has 6 aliphatic rings. The third-order valence-electron chi connectivity index (χ3n) is 10.1. The van der Waals surface area contributed by atoms with E-state index in [0.717, 1.165) is 101 Å². The summed E-state index contributed by atoms with van der Waals surface area (Å²) in [5, 5.41) is 3.19. The second-order valence-corrected chi connectivity index (χ2v) is 12.5. The van der Waals surface area contributed by atoms with Crippen molar-refractivity contribution in [2.75, 3.05) is 57.8 Å². The maximum Gasteiger partial charge on any atom is 0.242 e. The number of nitrogens with one attached hydrogen (secondary N) is 1. The fraction of sp³-hybridized carbons (Fsp3) is 0.733. The zero-order valence-corrected chi connectivity index (χ0v) is 22.5. The fourth-order valence-electron chi connectivity index (χ4n) is 8.70. The van der Waals surface area contributed by atoms with Gasteiger partial charge in [-0.25, -0.2) is 0 Å². The molecule has 7 nitrogen and oxygen atoms in total. The van der Waals surface area contributed by atoms with Crippen molar-refractivity contribution >= 4 is 17.5 Å². The average Bonchev–Trinajstić information content (AvgIpc) is 3.40. The van der Waals surface area contributed by atoms with E-state index in [0.29, 0.717) is 12.5 Å². The lowest BCUT2D eigenvalue weighted by molar-refractivity contribution is -0.160. The van der Waals surface area contributed by atoms with Crippen LogP contribution in [0, 0.1) is 23.2 Å². The van der Waals surface area contributed by atoms with Crippen molar-refractivity contribution in [3.05, 3.63) is 24.3 Å². The van der Waals surface area contributed by atoms with Crippen LogP contribution in [0.4, 0.5) is 5.69 Å². The monoisotopic (exact) mass is 508 g/mol. The predicted molar refractivity (Wildman–Crippen MR) is 145 cm³/mol. The van der Waals surface area contributed by atoms with Gasteiger partial charge in [-0.15, -0.1) is 0 Å². The van der Waals surface area contributed by atoms with Gasteiger partial charge in [0.05, 0.1) is 18.2 Å². The van der Waals surface area contributed by atoms with E-state index in [1.165, 1.54) is 24.9 Å². The summed E-state index contributed by atoms with van der Waals surface area (Å²) in [7, 11) is 1.73. The molecule has 0 aromatic heterocycles. The third-order valence-corrected chi connectivity index (χ3v) is 10.1. The van der Waals surface area contributed by atoms with Crippen LogP contribution in [-0.4, -0.2) is 80.6 Å². The standard InChI is InChI=1S/C30H44N4O3/c1-37-27-8-3-2-6-25(27)33-14-12-32(13-15-33)10-5-9-31-28(35)26-7-4-11-34(26)29(36)30-19-22-16-23(20-30)18-24(17-22)21-30/h2-3,6,8,22-24,26H,4-5,7,9-21H2,1H3,(H,31,35). The molecule has 1 aromatic rings. The van der Waals surface area contributed by atoms with Crippen molar-refractivity contribution in [3.63, 3.8) is 0 Å². The zero-order valence-electron chi connectivity index (χ0n) is 22.5. The Morgan fingerprint density at radius 2 is 1.65 bits per heavy atom. The van der Waals surface area contributed by atoms with Gasteiger partial charge in [-0.05, 0) is 94.2 Å². The minimum atomic E-state index is -0.259. The molecule has 0 radical (unpaired) electrons. The lowest BCUT2D eigenvalue weighted by Gasteiger charge is -2.56. The number of carbonyl (C=O) groups excluding carboxylic acids is 2. The number of hydrogen-bond acceptors (Lipinski definition) is 5. The second-order valence-electron chi connectivity index (χ2n) is 12.5. The second kappa shape index (κ2) is 10.5. The van der Waals surface area contributed by atoms with E-state index in [1.54, 1.807) is 7.11 Å². The van der Waals surface area contributed by atoms with Gasteiger partial charge >= 0.3 is 0 Å². The number of nitrogens with zero attached hydrogens (tertiary/aromatic N) is 3. The Morgan fingerprint density at radius 3 is 2.32 bits per heavy atom. The Kier molecular flexibility index (Phi) is 7.08. The molecule has 1 unspecified atom stereocenters. The molecule has 202 valence electrons. The Labute approximate surface area is 221 Å². The van der Waals surface area contributed by atoms with E-state index in [9.17, 15) is 9.59 Å². The smallest absolute Gasteiger partial charge is 0.242 e. The summed E-state index contributed by atoms with van der Waals surface area (Å²) in [6.07, 6.45) is 9.95. The molecule has 4 saturated carbocycles. The summed E-state index contributed by atoms with van der Waals surface area (Å²) in [6.45, 7) is 6.42. The number of benzene rings is 1. The number of amides is 2. The van der Waals surface area contributed by atoms with E-state index >= 15 is 0 Å². The van der Waals surface area contributed by atoms with Gasteiger partial charge in [0.15, 0.2) is 0 Å². The first-order valence-corrected chi connectivity index (χ1v) is 14.7. The summed E-state index contributed by atoms with van der Waals surface area (Å²) in [4.78, 5) is 33.9. The molecule has 1 atom stereocenters. The highest BCUT2D eigenvalue weighted by molar-refractivity contribution is 5.91. The van der Waals surface area contributed by atoms with Gasteiger partial charge in [-0.3, -0.25) is 14.5 Å². The normalized spacial score (nSPS) is 33.1. The van der Waals surface area contributed by atoms with E-state index in [4.69, 9.17) is 4.74 Å². The molecule has 7 heteroatoms. The highest BCUT2D eigenvalue weighted by atomic mass is 16.5. The van der Waals surface area contributed by atoms with Gasteiger partial charge in [0.2, 0.25) is 11.8 Å². The first-order valence-electron chi connectivity index (χ1n) is 14.7. The number of ether oxygens (including phenoxy) is 1. The zero-order chi connectivity index (χ0) is 25.4. The predicted octanol–water partition coefficient (Wildman–Crippen LogP) is 3.53. The summed E-state index contributed by atoms with van der Waals surface area (Å²) in [6, 6.07) is 7.97. The van der Waals surface area contributed by atoms with Gasteiger partial charge in [-0.1, -0.05) is 12.1 Å². The number of piperazine rings is 1. The van der Waals surface area contributed by atoms with Crippen LogP contribution in [0.5, 0.6) is 5.75 Å². The summed E-state index contributed by atoms with van der Waals surface area (Å²) >= 11 is 0. The Morgan fingerprint density at radius 1 is 0.973 bits per heavy atom. The van der Waals surface area contributed by atoms with Crippen molar-refractivity contribution in [1.82, 2.24) is 15.1 Å². The van der Waals surface area contributed by atoms with Crippen LogP contribution in [0.1, 0.15) is 57.8 Å². The largest absolute Gasteiger partial charge is 0.495 e. The number of likely N-dealkylation sites (tertiary alicyclic amines) is 1. The SMILES string of the molecule is COc1ccccc1N1CCN(CCCNC(=O)C2CCCN2C(=O)C23CC4CC(CC(C4)C2)C3)CC1. The molecule has 4 aliphatic carbocycles. The summed E-state index contributed by atoms with van der Waals surface area (Å²) < 4.78 is 5.53. The lowest BCUT2D eigenvalue weighted by Crippen LogP contribution is -2.57. The molecule has 2 amide bonds. The van der Waals surface area contributed by atoms with Gasteiger partial charge < -0.3 is 19.9 Å². The quantitative estimate of drug-likeness (QED) is 0.545. The maximum absolute atomic E-state index is 13.8. The van der Waals surface area contributed by atoms with E-state index in [-0.39, 0.29) is 17.4 Å². The van der Waals surface area contributed by atoms with Crippen molar-refractivity contribution in [2.45, 2.75) is 63.8 Å². The van der Waals surface area contributed by atoms with Crippen molar-refractivity contribution in [3.8, 4) is 5.75 Å². The molecule has 37 heavy (non-hydrogen) atoms. The highest BCUT2D eigenvalue weighted by Gasteiger charge is 2.56. The first-order chi connectivity index (χ1) is 18.0. The van der Waals surface area contributed by atoms with Gasteiger partial charge in [0.1, 0.15) is 11.8 Å². The van der Waals surface area contributed by atoms with E-state index < -0.39 is 0 Å². The minimum absolute atomic E-state index is 0.0663. The number of para-hydroxylation sites is 2. The van der Waals surface area contributed by atoms with Crippen LogP contribution in [0.2, 0.25) is 0 Å². The third kappa shape index (κ3) is 4.96. The molecule has 1 N–H and O–H groups in total. The molecular formula is C30H44N4O3. The number of methoxy groups -OCH3 is 1. The molecular weight excluding hydrogens is 464 g/mol. The Balaban J connectivity index is 0.951. The van der Waals surface area contributed by atoms with Crippen LogP contribution in [0.3, 0.4) is 0 Å². The van der Waals surface area contributed by atoms with Crippen LogP contribution >= 0.6 is 0 Å². The summed E-state index contributed by atoms with van der Waals surface area (Å²) in [5.74, 6) is 3.57. The van der Waals surface area contributed by atoms with Gasteiger partial charge in [-0.2, -0.15) is 0 Å². The fourth-order valence-corrected chi connectivity index (χ4v) is 8.70. The average molecular weight is 509 g/mol. The molecule has 1 aromatic carbocycles. The number of carbonyl (C=O) groups is 2. The molecule has 2 aliphatic heterocycles. The van der Waals surface area contributed by atoms with Crippen LogP contribution < -0.4 is 15.0 Å². The minimum Gasteiger partial charge on any atom is -0.495 e. The molecule has 0 spiro atoms. The van der Waals surface area contributed by atoms with Crippen molar-refractivity contribution < 1.29 is 14.3 Å². The van der Waals surface area contributed by atoms with Crippen LogP contribution in [0.25, 0.3) is 0 Å². The molecule has 2 saturated heterocycles. The highest BCUT2D eigenvalue weighted by Crippen LogP contribution is 2.60. The number of hydrogen-bond donors (Lipinski definition) is 1. The van der Waals surface area contributed by atoms with Gasteiger partial charge in [0, 0.05) is 39.3 Å². The maximum atomic E-state index is 13.8. The number of anilines is 1. The van der Waals surface area contributed by atoms with E-state index in [1.807, 2.05) is 17.0 Å². The van der Waals surface area contributed by atoms with Crippen LogP contribution in [0.15, 0.2) is 24.3 Å². The molecule has 4 bridgehead atoms. The van der Waals surface area contributed by atoms with Crippen LogP contribution in [-0.2, 0) is 9.59 Å². The molecule has 7 rings (SSSR count). The topological polar surface area (TPSA) is 65.1 Å². The number of rotatable bonds is 8. The van der Waals surface area contributed by atoms with Crippen molar-refractivity contribution in [2.24, 2.45) is 23.2 Å². The van der Waals surface area contributed by atoms with E-state index in [2.05, 4.69) is 27.2 Å². The first kappa shape index (κ1) is 25.0.